The molecule has 4 nitrogen and oxygen atoms in total. The molecule has 0 fully saturated rings. The summed E-state index contributed by atoms with van der Waals surface area (Å²) in [5.74, 6) is -0.750. The van der Waals surface area contributed by atoms with Gasteiger partial charge in [-0.15, -0.1) is 11.5 Å². The molecule has 15 heavy (non-hydrogen) atoms. The zero-order valence-corrected chi connectivity index (χ0v) is 10.9. The number of carbonyl (C=O) groups excluding carboxylic acids is 2. The zero-order valence-electron chi connectivity index (χ0n) is 9.49. The van der Waals surface area contributed by atoms with Crippen molar-refractivity contribution in [3.8, 4) is 0 Å². The smallest absolute Gasteiger partial charge is 0.876 e. The monoisotopic (exact) mass is 222 g/mol. The Bertz CT molecular complexity index is 231. The molecule has 0 aromatic carbocycles. The van der Waals surface area contributed by atoms with Crippen molar-refractivity contribution in [1.82, 2.24) is 0 Å². The topological polar surface area (TPSA) is 80.3 Å². The van der Waals surface area contributed by atoms with Gasteiger partial charge in [0.25, 0.3) is 0 Å². The van der Waals surface area contributed by atoms with Crippen LogP contribution in [0.5, 0.6) is 0 Å². The molecule has 0 aliphatic rings. The van der Waals surface area contributed by atoms with Crippen LogP contribution in [0.3, 0.4) is 0 Å². The SMILES string of the molecule is CC(=O)/C=C(\C)[O-].CC(=O)/C=C(\C)[O-].[Mg+2]. The third-order valence-corrected chi connectivity index (χ3v) is 0.813. The fourth-order valence-electron chi connectivity index (χ4n) is 0.572. The van der Waals surface area contributed by atoms with Crippen LogP contribution in [0.15, 0.2) is 23.7 Å². The molecule has 0 N–H and O–H groups in total. The summed E-state index contributed by atoms with van der Waals surface area (Å²) in [5, 5.41) is 20.0. The molecule has 0 rings (SSSR count). The Hall–Kier alpha value is -0.814. The van der Waals surface area contributed by atoms with Crippen LogP contribution in [0, 0.1) is 0 Å². The second kappa shape index (κ2) is 11.3. The maximum atomic E-state index is 9.98. The molecule has 0 aliphatic heterocycles. The van der Waals surface area contributed by atoms with Crippen LogP contribution in [0.2, 0.25) is 0 Å². The van der Waals surface area contributed by atoms with E-state index in [9.17, 15) is 19.8 Å². The fourth-order valence-corrected chi connectivity index (χ4v) is 0.572. The maximum Gasteiger partial charge on any atom is 2.00 e. The van der Waals surface area contributed by atoms with Gasteiger partial charge in [-0.3, -0.25) is 9.59 Å². The minimum Gasteiger partial charge on any atom is -0.876 e. The Labute approximate surface area is 106 Å². The summed E-state index contributed by atoms with van der Waals surface area (Å²) >= 11 is 0. The van der Waals surface area contributed by atoms with Gasteiger partial charge in [0.2, 0.25) is 0 Å². The van der Waals surface area contributed by atoms with Gasteiger partial charge < -0.3 is 10.2 Å². The molecule has 0 spiro atoms. The van der Waals surface area contributed by atoms with E-state index in [0.29, 0.717) is 0 Å². The van der Waals surface area contributed by atoms with Crippen molar-refractivity contribution in [3.05, 3.63) is 23.7 Å². The Morgan fingerprint density at radius 1 is 0.800 bits per heavy atom. The number of ketones is 2. The minimum atomic E-state index is -0.187. The van der Waals surface area contributed by atoms with Gasteiger partial charge in [-0.05, 0) is 26.0 Å². The van der Waals surface area contributed by atoms with E-state index in [1.165, 1.54) is 27.7 Å². The number of carbonyl (C=O) groups is 2. The van der Waals surface area contributed by atoms with Crippen LogP contribution in [0.1, 0.15) is 27.7 Å². The van der Waals surface area contributed by atoms with Crippen LogP contribution in [0.4, 0.5) is 0 Å². The first-order valence-corrected chi connectivity index (χ1v) is 3.97. The molecule has 0 heterocycles. The Balaban J connectivity index is -0.000000180. The van der Waals surface area contributed by atoms with Crippen LogP contribution in [-0.2, 0) is 9.59 Å². The number of rotatable bonds is 2. The quantitative estimate of drug-likeness (QED) is 0.351. The number of hydrogen-bond donors (Lipinski definition) is 0. The van der Waals surface area contributed by atoms with Crippen molar-refractivity contribution in [2.24, 2.45) is 0 Å². The number of hydrogen-bond acceptors (Lipinski definition) is 4. The van der Waals surface area contributed by atoms with Gasteiger partial charge in [0.15, 0.2) is 11.6 Å². The van der Waals surface area contributed by atoms with Crippen molar-refractivity contribution in [1.29, 1.82) is 0 Å². The summed E-state index contributed by atoms with van der Waals surface area (Å²) in [6.45, 7) is 5.39. The normalized spacial score (nSPS) is 10.7. The molecule has 80 valence electrons. The predicted molar refractivity (Wildman–Crippen MR) is 54.6 cm³/mol. The summed E-state index contributed by atoms with van der Waals surface area (Å²) < 4.78 is 0. The summed E-state index contributed by atoms with van der Waals surface area (Å²) in [7, 11) is 0. The summed E-state index contributed by atoms with van der Waals surface area (Å²) in [5.41, 5.74) is 0. The number of allylic oxidation sites excluding steroid dienone is 4. The first-order chi connectivity index (χ1) is 6.25. The van der Waals surface area contributed by atoms with Gasteiger partial charge in [-0.25, -0.2) is 0 Å². The molecule has 0 saturated carbocycles. The van der Waals surface area contributed by atoms with E-state index in [2.05, 4.69) is 0 Å². The summed E-state index contributed by atoms with van der Waals surface area (Å²) in [6, 6.07) is 0. The molecule has 0 atom stereocenters. The third kappa shape index (κ3) is 32.0. The second-order valence-electron chi connectivity index (χ2n) is 2.73. The van der Waals surface area contributed by atoms with Crippen molar-refractivity contribution in [2.75, 3.05) is 0 Å². The largest absolute Gasteiger partial charge is 2.00 e. The van der Waals surface area contributed by atoms with Crippen LogP contribution >= 0.6 is 0 Å². The van der Waals surface area contributed by atoms with E-state index in [1.807, 2.05) is 0 Å². The van der Waals surface area contributed by atoms with E-state index in [0.717, 1.165) is 12.2 Å². The Morgan fingerprint density at radius 3 is 1.00 bits per heavy atom. The van der Waals surface area contributed by atoms with E-state index in [-0.39, 0.29) is 46.1 Å². The molecular weight excluding hydrogens is 208 g/mol. The van der Waals surface area contributed by atoms with Gasteiger partial charge in [0, 0.05) is 0 Å². The van der Waals surface area contributed by atoms with Gasteiger partial charge in [-0.1, -0.05) is 13.8 Å². The predicted octanol–water partition coefficient (Wildman–Crippen LogP) is -0.702. The molecular formula is C10H14MgO4. The van der Waals surface area contributed by atoms with Crippen molar-refractivity contribution >= 4 is 34.6 Å². The van der Waals surface area contributed by atoms with E-state index < -0.39 is 0 Å². The van der Waals surface area contributed by atoms with Crippen molar-refractivity contribution in [2.45, 2.75) is 27.7 Å². The van der Waals surface area contributed by atoms with Crippen molar-refractivity contribution < 1.29 is 19.8 Å². The van der Waals surface area contributed by atoms with Crippen LogP contribution in [-0.4, -0.2) is 34.6 Å². The first kappa shape index (κ1) is 19.7. The average Bonchev–Trinajstić information content (AvgIpc) is 1.79. The molecule has 0 aromatic rings. The third-order valence-electron chi connectivity index (χ3n) is 0.813. The van der Waals surface area contributed by atoms with Crippen molar-refractivity contribution in [3.63, 3.8) is 0 Å². The molecule has 0 bridgehead atoms. The standard InChI is InChI=1S/2C5H8O2.Mg/c2*1-4(6)3-5(2)7;/h2*3,6H,1-2H3;/q;;+2/p-2/b2*4-3+;. The van der Waals surface area contributed by atoms with Crippen LogP contribution < -0.4 is 10.2 Å². The van der Waals surface area contributed by atoms with E-state index in [4.69, 9.17) is 0 Å². The molecule has 0 aliphatic carbocycles. The molecule has 0 unspecified atom stereocenters. The fraction of sp³-hybridized carbons (Fsp3) is 0.400. The molecule has 0 radical (unpaired) electrons. The van der Waals surface area contributed by atoms with E-state index >= 15 is 0 Å². The minimum absolute atomic E-state index is 0. The second-order valence-corrected chi connectivity index (χ2v) is 2.73. The zero-order chi connectivity index (χ0) is 11.7. The van der Waals surface area contributed by atoms with E-state index in [1.54, 1.807) is 0 Å². The Morgan fingerprint density at radius 2 is 1.00 bits per heavy atom. The molecule has 5 heteroatoms. The van der Waals surface area contributed by atoms with Gasteiger partial charge in [0.1, 0.15) is 0 Å². The van der Waals surface area contributed by atoms with Gasteiger partial charge in [0.05, 0.1) is 0 Å². The first-order valence-electron chi connectivity index (χ1n) is 3.97. The van der Waals surface area contributed by atoms with Gasteiger partial charge in [-0.2, -0.15) is 0 Å². The molecule has 0 amide bonds. The van der Waals surface area contributed by atoms with Gasteiger partial charge >= 0.3 is 23.1 Å². The summed E-state index contributed by atoms with van der Waals surface area (Å²) in [6.07, 6.45) is 2.11. The average molecular weight is 223 g/mol. The summed E-state index contributed by atoms with van der Waals surface area (Å²) in [4.78, 5) is 20.0. The molecule has 0 saturated heterocycles. The maximum absolute atomic E-state index is 9.98. The Kier molecular flexibility index (Phi) is 14.8. The molecule has 0 aromatic heterocycles. The van der Waals surface area contributed by atoms with Crippen LogP contribution in [0.25, 0.3) is 0 Å².